The summed E-state index contributed by atoms with van der Waals surface area (Å²) in [6.45, 7) is 2.35. The minimum Gasteiger partial charge on any atom is -0.466 e. The van der Waals surface area contributed by atoms with Crippen molar-refractivity contribution in [2.24, 2.45) is 0 Å². The lowest BCUT2D eigenvalue weighted by molar-refractivity contribution is -0.144. The summed E-state index contributed by atoms with van der Waals surface area (Å²) in [6, 6.07) is 3.57. The summed E-state index contributed by atoms with van der Waals surface area (Å²) >= 11 is 10.0. The third-order valence-corrected chi connectivity index (χ3v) is 4.04. The second-order valence-electron chi connectivity index (χ2n) is 4.25. The molecule has 0 aliphatic carbocycles. The summed E-state index contributed by atoms with van der Waals surface area (Å²) in [5.74, 6) is -0.241. The van der Waals surface area contributed by atoms with Crippen LogP contribution in [0.5, 0.6) is 5.75 Å². The zero-order chi connectivity index (χ0) is 15.8. The van der Waals surface area contributed by atoms with Gasteiger partial charge in [0.05, 0.1) is 15.6 Å². The highest BCUT2D eigenvalue weighted by Gasteiger charge is 2.13. The lowest BCUT2D eigenvalue weighted by Crippen LogP contribution is -2.11. The molecule has 0 bridgehead atoms. The number of halogens is 3. The molecule has 0 aromatic heterocycles. The van der Waals surface area contributed by atoms with Crippen molar-refractivity contribution in [3.05, 3.63) is 25.6 Å². The first-order valence-corrected chi connectivity index (χ1v) is 8.82. The Morgan fingerprint density at radius 3 is 2.19 bits per heavy atom. The quantitative estimate of drug-likeness (QED) is 0.402. The minimum absolute atomic E-state index is 0.163. The van der Waals surface area contributed by atoms with Gasteiger partial charge in [0.25, 0.3) is 0 Å². The van der Waals surface area contributed by atoms with Crippen LogP contribution >= 0.6 is 47.8 Å². The predicted molar refractivity (Wildman–Crippen MR) is 90.3 cm³/mol. The fourth-order valence-electron chi connectivity index (χ4n) is 1.46. The number of hydrogen-bond acceptors (Lipinski definition) is 4. The van der Waals surface area contributed by atoms with E-state index in [1.165, 1.54) is 0 Å². The van der Waals surface area contributed by atoms with Crippen LogP contribution < -0.4 is 4.74 Å². The van der Waals surface area contributed by atoms with Crippen LogP contribution in [-0.4, -0.2) is 18.5 Å². The van der Waals surface area contributed by atoms with Crippen molar-refractivity contribution in [2.75, 3.05) is 6.61 Å². The zero-order valence-corrected chi connectivity index (χ0v) is 16.2. The summed E-state index contributed by atoms with van der Waals surface area (Å²) in [4.78, 5) is 23.1. The topological polar surface area (TPSA) is 52.6 Å². The molecule has 1 rings (SSSR count). The summed E-state index contributed by atoms with van der Waals surface area (Å²) in [6.07, 6.45) is 1.58. The van der Waals surface area contributed by atoms with E-state index >= 15 is 0 Å². The van der Waals surface area contributed by atoms with Crippen molar-refractivity contribution in [1.29, 1.82) is 0 Å². The largest absolute Gasteiger partial charge is 0.466 e. The molecule has 0 unspecified atom stereocenters. The Kier molecular flexibility index (Phi) is 8.51. The maximum Gasteiger partial charge on any atom is 0.311 e. The van der Waals surface area contributed by atoms with Crippen LogP contribution in [0.25, 0.3) is 0 Å². The van der Waals surface area contributed by atoms with E-state index in [4.69, 9.17) is 9.47 Å². The van der Waals surface area contributed by atoms with Gasteiger partial charge in [-0.1, -0.05) is 22.9 Å². The van der Waals surface area contributed by atoms with Crippen molar-refractivity contribution in [3.8, 4) is 5.75 Å². The van der Waals surface area contributed by atoms with E-state index in [0.717, 1.165) is 10.9 Å². The van der Waals surface area contributed by atoms with Gasteiger partial charge in [0, 0.05) is 17.3 Å². The number of hydrogen-bond donors (Lipinski definition) is 0. The number of rotatable bonds is 7. The molecule has 7 heteroatoms. The van der Waals surface area contributed by atoms with Gasteiger partial charge in [-0.2, -0.15) is 0 Å². The fourth-order valence-corrected chi connectivity index (χ4v) is 3.88. The number of carbonyl (C=O) groups excluding carboxylic acids is 2. The molecule has 0 heterocycles. The second-order valence-corrected chi connectivity index (χ2v) is 6.87. The molecule has 0 fully saturated rings. The first kappa shape index (κ1) is 18.6. The molecular weight excluding hydrogens is 472 g/mol. The Balaban J connectivity index is 2.43. The minimum atomic E-state index is -0.387. The molecule has 0 radical (unpaired) electrons. The van der Waals surface area contributed by atoms with Crippen molar-refractivity contribution >= 4 is 59.7 Å². The van der Waals surface area contributed by atoms with Gasteiger partial charge in [-0.05, 0) is 56.8 Å². The number of benzene rings is 1. The Labute approximate surface area is 149 Å². The average Bonchev–Trinajstić information content (AvgIpc) is 2.40. The van der Waals surface area contributed by atoms with Crippen LogP contribution in [0, 0.1) is 0 Å². The van der Waals surface area contributed by atoms with Crippen LogP contribution in [0.4, 0.5) is 0 Å². The Bertz CT molecular complexity index is 494. The van der Waals surface area contributed by atoms with Crippen molar-refractivity contribution in [2.45, 2.75) is 32.6 Å². The van der Waals surface area contributed by atoms with Gasteiger partial charge in [0.15, 0.2) is 5.75 Å². The molecule has 1 aromatic rings. The first-order chi connectivity index (χ1) is 9.93. The molecule has 0 aliphatic heterocycles. The van der Waals surface area contributed by atoms with E-state index in [1.54, 1.807) is 12.1 Å². The highest BCUT2D eigenvalue weighted by molar-refractivity contribution is 9.11. The van der Waals surface area contributed by atoms with Gasteiger partial charge in [-0.3, -0.25) is 9.59 Å². The van der Waals surface area contributed by atoms with Crippen molar-refractivity contribution in [3.63, 3.8) is 0 Å². The third-order valence-electron chi connectivity index (χ3n) is 2.41. The molecule has 0 aliphatic rings. The van der Waals surface area contributed by atoms with E-state index in [-0.39, 0.29) is 24.8 Å². The van der Waals surface area contributed by atoms with Crippen LogP contribution in [-0.2, 0) is 14.3 Å². The molecule has 0 atom stereocenters. The molecule has 21 heavy (non-hydrogen) atoms. The smallest absolute Gasteiger partial charge is 0.311 e. The van der Waals surface area contributed by atoms with Gasteiger partial charge in [0.1, 0.15) is 0 Å². The van der Waals surface area contributed by atoms with Crippen LogP contribution in [0.3, 0.4) is 0 Å². The van der Waals surface area contributed by atoms with E-state index in [0.29, 0.717) is 27.7 Å². The molecule has 0 amide bonds. The summed E-state index contributed by atoms with van der Waals surface area (Å²) in [5.41, 5.74) is 0. The monoisotopic (exact) mass is 484 g/mol. The SMILES string of the molecule is CCCOC(=O)CCCC(=O)Oc1c(Br)cc(Br)cc1Br. The fraction of sp³-hybridized carbons (Fsp3) is 0.429. The van der Waals surface area contributed by atoms with Gasteiger partial charge >= 0.3 is 11.9 Å². The lowest BCUT2D eigenvalue weighted by atomic mass is 10.2. The van der Waals surface area contributed by atoms with E-state index < -0.39 is 0 Å². The molecular formula is C14H15Br3O4. The van der Waals surface area contributed by atoms with Gasteiger partial charge in [-0.15, -0.1) is 0 Å². The van der Waals surface area contributed by atoms with E-state index in [9.17, 15) is 9.59 Å². The molecule has 1 aromatic carbocycles. The van der Waals surface area contributed by atoms with E-state index in [2.05, 4.69) is 47.8 Å². The Morgan fingerprint density at radius 2 is 1.62 bits per heavy atom. The second kappa shape index (κ2) is 9.58. The molecule has 116 valence electrons. The maximum absolute atomic E-state index is 11.8. The maximum atomic E-state index is 11.8. The number of carbonyl (C=O) groups is 2. The van der Waals surface area contributed by atoms with Crippen LogP contribution in [0.1, 0.15) is 32.6 Å². The third kappa shape index (κ3) is 6.93. The normalized spacial score (nSPS) is 10.3. The number of esters is 2. The van der Waals surface area contributed by atoms with E-state index in [1.807, 2.05) is 6.92 Å². The van der Waals surface area contributed by atoms with Crippen LogP contribution in [0.15, 0.2) is 25.6 Å². The molecule has 0 spiro atoms. The summed E-state index contributed by atoms with van der Waals surface area (Å²) in [7, 11) is 0. The van der Waals surface area contributed by atoms with Crippen LogP contribution in [0.2, 0.25) is 0 Å². The Morgan fingerprint density at radius 1 is 1.05 bits per heavy atom. The highest BCUT2D eigenvalue weighted by atomic mass is 79.9. The molecule has 4 nitrogen and oxygen atoms in total. The number of ether oxygens (including phenoxy) is 2. The average molecular weight is 487 g/mol. The zero-order valence-electron chi connectivity index (χ0n) is 11.5. The standard InChI is InChI=1S/C14H15Br3O4/c1-2-6-20-12(18)4-3-5-13(19)21-14-10(16)7-9(15)8-11(14)17/h7-8H,2-6H2,1H3. The Hall–Kier alpha value is -0.400. The first-order valence-electron chi connectivity index (χ1n) is 6.45. The van der Waals surface area contributed by atoms with Gasteiger partial charge in [0.2, 0.25) is 0 Å². The summed E-state index contributed by atoms with van der Waals surface area (Å²) in [5, 5.41) is 0. The summed E-state index contributed by atoms with van der Waals surface area (Å²) < 4.78 is 12.4. The lowest BCUT2D eigenvalue weighted by Gasteiger charge is -2.09. The molecule has 0 saturated carbocycles. The van der Waals surface area contributed by atoms with Crippen molar-refractivity contribution < 1.29 is 19.1 Å². The van der Waals surface area contributed by atoms with Crippen molar-refractivity contribution in [1.82, 2.24) is 0 Å². The van der Waals surface area contributed by atoms with Gasteiger partial charge < -0.3 is 9.47 Å². The predicted octanol–water partition coefficient (Wildman–Crippen LogP) is 5.00. The highest BCUT2D eigenvalue weighted by Crippen LogP contribution is 2.36. The molecule has 0 N–H and O–H groups in total. The molecule has 0 saturated heterocycles. The van der Waals surface area contributed by atoms with Gasteiger partial charge in [-0.25, -0.2) is 0 Å².